The van der Waals surface area contributed by atoms with E-state index in [1.54, 1.807) is 12.1 Å². The van der Waals surface area contributed by atoms with Gasteiger partial charge in [0.1, 0.15) is 5.82 Å². The van der Waals surface area contributed by atoms with E-state index in [0.29, 0.717) is 18.4 Å². The van der Waals surface area contributed by atoms with Gasteiger partial charge in [0.2, 0.25) is 0 Å². The van der Waals surface area contributed by atoms with Crippen molar-refractivity contribution in [2.24, 2.45) is 0 Å². The number of nitrogens with one attached hydrogen (secondary N) is 2. The minimum Gasteiger partial charge on any atom is -0.772 e. The third-order valence-electron chi connectivity index (χ3n) is 7.31. The number of nitrogens with zero attached hydrogens (tertiary/aromatic N) is 1. The van der Waals surface area contributed by atoms with Crippen molar-refractivity contribution in [3.05, 3.63) is 29.6 Å². The van der Waals surface area contributed by atoms with E-state index < -0.39 is 11.1 Å². The van der Waals surface area contributed by atoms with Gasteiger partial charge >= 0.3 is 6.09 Å². The molecule has 2 fully saturated rings. The molecule has 1 saturated carbocycles. The van der Waals surface area contributed by atoms with Gasteiger partial charge in [-0.3, -0.25) is 4.21 Å². The first-order valence-corrected chi connectivity index (χ1v) is 13.9. The second-order valence-corrected chi connectivity index (χ2v) is 10.6. The molecule has 4 rings (SSSR count). The number of benzene rings is 1. The highest BCUT2D eigenvalue weighted by molar-refractivity contribution is 7.79. The van der Waals surface area contributed by atoms with Crippen LogP contribution in [0.2, 0.25) is 0 Å². The molecule has 3 unspecified atom stereocenters. The molecular formula is C25H39FN3O4S-. The second-order valence-electron chi connectivity index (χ2n) is 9.60. The van der Waals surface area contributed by atoms with Gasteiger partial charge in [0, 0.05) is 35.5 Å². The van der Waals surface area contributed by atoms with Crippen LogP contribution in [0.4, 0.5) is 14.9 Å². The molecule has 1 aliphatic carbocycles. The maximum Gasteiger partial charge on any atom is 0.407 e. The van der Waals surface area contributed by atoms with Crippen LogP contribution in [-0.2, 0) is 21.2 Å². The van der Waals surface area contributed by atoms with Gasteiger partial charge < -0.3 is 24.8 Å². The number of likely N-dealkylation sites (tertiary alicyclic amines) is 1. The Morgan fingerprint density at radius 3 is 2.68 bits per heavy atom. The maximum absolute atomic E-state index is 13.8. The fraction of sp³-hybridized carbons (Fsp3) is 0.720. The van der Waals surface area contributed by atoms with E-state index in [1.165, 1.54) is 12.8 Å². The normalized spacial score (nSPS) is 24.7. The summed E-state index contributed by atoms with van der Waals surface area (Å²) in [7, 11) is 0. The molecule has 0 aromatic heterocycles. The van der Waals surface area contributed by atoms with Crippen LogP contribution in [0.5, 0.6) is 0 Å². The van der Waals surface area contributed by atoms with Gasteiger partial charge in [-0.2, -0.15) is 0 Å². The number of hydrogen-bond acceptors (Lipinski definition) is 6. The molecule has 3 aliphatic rings. The maximum atomic E-state index is 13.8. The number of halogens is 1. The highest BCUT2D eigenvalue weighted by Gasteiger charge is 2.43. The van der Waals surface area contributed by atoms with E-state index in [2.05, 4.69) is 15.5 Å². The van der Waals surface area contributed by atoms with Crippen LogP contribution < -0.4 is 10.6 Å². The van der Waals surface area contributed by atoms with Gasteiger partial charge in [0.15, 0.2) is 0 Å². The molecule has 1 aromatic carbocycles. The molecule has 7 nitrogen and oxygen atoms in total. The predicted octanol–water partition coefficient (Wildman–Crippen LogP) is 4.31. The summed E-state index contributed by atoms with van der Waals surface area (Å²) in [5.74, 6) is 0.154. The summed E-state index contributed by atoms with van der Waals surface area (Å²) in [6, 6.07) is 5.86. The molecular weight excluding hydrogens is 457 g/mol. The predicted molar refractivity (Wildman–Crippen MR) is 132 cm³/mol. The quantitative estimate of drug-likeness (QED) is 0.466. The Balaban J connectivity index is 0.000000481. The highest BCUT2D eigenvalue weighted by atomic mass is 32.2. The Kier molecular flexibility index (Phi) is 10.2. The average molecular weight is 497 g/mol. The van der Waals surface area contributed by atoms with Crippen molar-refractivity contribution >= 4 is 22.9 Å². The fourth-order valence-electron chi connectivity index (χ4n) is 5.54. The number of amides is 1. The average Bonchev–Trinajstić information content (AvgIpc) is 2.97. The third-order valence-corrected chi connectivity index (χ3v) is 8.05. The molecule has 192 valence electrons. The van der Waals surface area contributed by atoms with E-state index in [-0.39, 0.29) is 23.4 Å². The summed E-state index contributed by atoms with van der Waals surface area (Å²) in [4.78, 5) is 14.4. The van der Waals surface area contributed by atoms with Gasteiger partial charge in [-0.15, -0.1) is 0 Å². The first-order valence-electron chi connectivity index (χ1n) is 12.6. The Bertz CT molecular complexity index is 832. The van der Waals surface area contributed by atoms with E-state index >= 15 is 0 Å². The first-order chi connectivity index (χ1) is 16.4. The largest absolute Gasteiger partial charge is 0.772 e. The van der Waals surface area contributed by atoms with Gasteiger partial charge in [0.05, 0.1) is 6.61 Å². The van der Waals surface area contributed by atoms with Crippen molar-refractivity contribution in [3.63, 3.8) is 0 Å². The zero-order valence-corrected chi connectivity index (χ0v) is 21.3. The highest BCUT2D eigenvalue weighted by Crippen LogP contribution is 2.45. The van der Waals surface area contributed by atoms with Crippen molar-refractivity contribution in [2.45, 2.75) is 82.7 Å². The molecule has 3 atom stereocenters. The Hall–Kier alpha value is -1.71. The van der Waals surface area contributed by atoms with Crippen molar-refractivity contribution < 1.29 is 22.7 Å². The number of piperidine rings is 1. The molecule has 0 bridgehead atoms. The summed E-state index contributed by atoms with van der Waals surface area (Å²) >= 11 is -1.82. The standard InChI is InChI=1S/C22H32FN3O2.C3H8O2S/c1-2-28-21(27)25-17-5-3-4-6-18(14-17)26-11-9-22(10-12-26)15-24-20-8-7-16(23)13-19(20)22;1-2-3-6(4)5/h7-8,13,17-18,24H,2-6,9-12,14-15H2,1H3,(H,25,27);2-3H2,1H3,(H,4,5)/p-1. The molecule has 9 heteroatoms. The van der Waals surface area contributed by atoms with Gasteiger partial charge in [-0.25, -0.2) is 9.18 Å². The fourth-order valence-corrected chi connectivity index (χ4v) is 5.87. The molecule has 1 amide bonds. The molecule has 1 aromatic rings. The Morgan fingerprint density at radius 2 is 2.03 bits per heavy atom. The molecule has 0 radical (unpaired) electrons. The number of ether oxygens (including phenoxy) is 1. The molecule has 1 spiro atoms. The SMILES string of the molecule is CCCS(=O)[O-].CCOC(=O)NC1CCCCC(N2CCC3(CC2)CNc2ccc(F)cc23)C1. The molecule has 1 saturated heterocycles. The van der Waals surface area contributed by atoms with Crippen LogP contribution >= 0.6 is 0 Å². The number of alkyl carbamates (subject to hydrolysis) is 1. The van der Waals surface area contributed by atoms with E-state index in [4.69, 9.17) is 4.74 Å². The van der Waals surface area contributed by atoms with Gasteiger partial charge in [-0.1, -0.05) is 30.8 Å². The van der Waals surface area contributed by atoms with E-state index in [1.807, 2.05) is 19.9 Å². The second kappa shape index (κ2) is 12.8. The van der Waals surface area contributed by atoms with Crippen LogP contribution in [0, 0.1) is 5.82 Å². The zero-order valence-electron chi connectivity index (χ0n) is 20.4. The van der Waals surface area contributed by atoms with Crippen LogP contribution in [-0.4, -0.2) is 63.8 Å². The summed E-state index contributed by atoms with van der Waals surface area (Å²) in [6.07, 6.45) is 8.13. The number of carbonyl (C=O) groups excluding carboxylic acids is 1. The minimum absolute atomic E-state index is 0.0707. The van der Waals surface area contributed by atoms with Crippen molar-refractivity contribution in [3.8, 4) is 0 Å². The smallest absolute Gasteiger partial charge is 0.407 e. The van der Waals surface area contributed by atoms with Crippen molar-refractivity contribution in [2.75, 3.05) is 37.3 Å². The lowest BCUT2D eigenvalue weighted by Gasteiger charge is -2.43. The lowest BCUT2D eigenvalue weighted by molar-refractivity contribution is 0.104. The number of rotatable bonds is 5. The number of hydrogen-bond donors (Lipinski definition) is 2. The van der Waals surface area contributed by atoms with Crippen molar-refractivity contribution in [1.29, 1.82) is 0 Å². The van der Waals surface area contributed by atoms with Crippen LogP contribution in [0.15, 0.2) is 18.2 Å². The zero-order chi connectivity index (χ0) is 24.6. The van der Waals surface area contributed by atoms with Crippen LogP contribution in [0.1, 0.15) is 70.8 Å². The first kappa shape index (κ1) is 26.9. The Labute approximate surface area is 205 Å². The van der Waals surface area contributed by atoms with E-state index in [9.17, 15) is 17.9 Å². The number of fused-ring (bicyclic) bond motifs is 2. The monoisotopic (exact) mass is 496 g/mol. The summed E-state index contributed by atoms with van der Waals surface area (Å²) in [5.41, 5.74) is 2.33. The lowest BCUT2D eigenvalue weighted by Crippen LogP contribution is -2.49. The number of anilines is 1. The topological polar surface area (TPSA) is 93.7 Å². The summed E-state index contributed by atoms with van der Waals surface area (Å²) in [6.45, 7) is 7.06. The molecule has 2 heterocycles. The Morgan fingerprint density at radius 1 is 1.29 bits per heavy atom. The van der Waals surface area contributed by atoms with Crippen LogP contribution in [0.25, 0.3) is 0 Å². The van der Waals surface area contributed by atoms with Crippen molar-refractivity contribution in [1.82, 2.24) is 10.2 Å². The lowest BCUT2D eigenvalue weighted by atomic mass is 9.74. The van der Waals surface area contributed by atoms with Gasteiger partial charge in [-0.05, 0) is 82.3 Å². The third kappa shape index (κ3) is 7.15. The van der Waals surface area contributed by atoms with E-state index in [0.717, 1.165) is 69.4 Å². The molecule has 2 N–H and O–H groups in total. The summed E-state index contributed by atoms with van der Waals surface area (Å²) in [5, 5.41) is 6.54. The minimum atomic E-state index is -1.82. The number of carbonyl (C=O) groups is 1. The molecule has 34 heavy (non-hydrogen) atoms. The molecule has 2 aliphatic heterocycles. The van der Waals surface area contributed by atoms with Gasteiger partial charge in [0.25, 0.3) is 0 Å². The summed E-state index contributed by atoms with van der Waals surface area (Å²) < 4.78 is 38.1. The van der Waals surface area contributed by atoms with Crippen LogP contribution in [0.3, 0.4) is 0 Å².